The fraction of sp³-hybridized carbons (Fsp3) is 0.786. The zero-order valence-corrected chi connectivity index (χ0v) is 13.4. The minimum atomic E-state index is 0.0610. The number of ether oxygens (including phenoxy) is 1. The molecule has 0 saturated carbocycles. The summed E-state index contributed by atoms with van der Waals surface area (Å²) in [7, 11) is 1.75. The molecule has 1 atom stereocenters. The Morgan fingerprint density at radius 1 is 1.28 bits per heavy atom. The lowest BCUT2D eigenvalue weighted by atomic mass is 9.89. The van der Waals surface area contributed by atoms with E-state index in [-0.39, 0.29) is 17.1 Å². The molecular formula is C14H26N2OS. The van der Waals surface area contributed by atoms with Crippen molar-refractivity contribution in [3.8, 4) is 0 Å². The summed E-state index contributed by atoms with van der Waals surface area (Å²) in [5, 5.41) is 4.54. The normalized spacial score (nSPS) is 14.8. The number of methoxy groups -OCH3 is 1. The van der Waals surface area contributed by atoms with Crippen LogP contribution in [0.5, 0.6) is 0 Å². The highest BCUT2D eigenvalue weighted by molar-refractivity contribution is 7.11. The Kier molecular flexibility index (Phi) is 4.92. The Hall–Kier alpha value is -0.450. The summed E-state index contributed by atoms with van der Waals surface area (Å²) in [6.45, 7) is 13.9. The third-order valence-corrected chi connectivity index (χ3v) is 3.65. The molecule has 4 heteroatoms. The predicted molar refractivity (Wildman–Crippen MR) is 77.9 cm³/mol. The fourth-order valence-corrected chi connectivity index (χ4v) is 2.88. The topological polar surface area (TPSA) is 34.1 Å². The number of hydrogen-bond acceptors (Lipinski definition) is 4. The zero-order chi connectivity index (χ0) is 14.0. The Morgan fingerprint density at radius 2 is 1.89 bits per heavy atom. The molecular weight excluding hydrogens is 244 g/mol. The summed E-state index contributed by atoms with van der Waals surface area (Å²) in [5.41, 5.74) is 0.205. The molecule has 18 heavy (non-hydrogen) atoms. The van der Waals surface area contributed by atoms with Gasteiger partial charge < -0.3 is 10.1 Å². The Labute approximate surface area is 115 Å². The second kappa shape index (κ2) is 5.68. The van der Waals surface area contributed by atoms with Gasteiger partial charge in [0.05, 0.1) is 0 Å². The van der Waals surface area contributed by atoms with Crippen LogP contribution < -0.4 is 5.32 Å². The number of nitrogens with zero attached hydrogens (tertiary/aromatic N) is 1. The third kappa shape index (κ3) is 4.67. The highest BCUT2D eigenvalue weighted by Crippen LogP contribution is 2.37. The van der Waals surface area contributed by atoms with E-state index in [1.54, 1.807) is 18.4 Å². The van der Waals surface area contributed by atoms with Crippen LogP contribution in [0.2, 0.25) is 0 Å². The van der Waals surface area contributed by atoms with E-state index in [1.807, 2.05) is 6.20 Å². The molecule has 0 radical (unpaired) electrons. The van der Waals surface area contributed by atoms with Crippen LogP contribution in [0.25, 0.3) is 0 Å². The molecule has 0 bridgehead atoms. The van der Waals surface area contributed by atoms with Gasteiger partial charge in [-0.3, -0.25) is 0 Å². The summed E-state index contributed by atoms with van der Waals surface area (Å²) < 4.78 is 5.59. The highest BCUT2D eigenvalue weighted by atomic mass is 32.1. The average Bonchev–Trinajstić information content (AvgIpc) is 2.61. The Morgan fingerprint density at radius 3 is 2.33 bits per heavy atom. The molecule has 1 N–H and O–H groups in total. The summed E-state index contributed by atoms with van der Waals surface area (Å²) in [4.78, 5) is 5.76. The summed E-state index contributed by atoms with van der Waals surface area (Å²) in [6.07, 6.45) is 2.02. The van der Waals surface area contributed by atoms with Crippen molar-refractivity contribution in [3.05, 3.63) is 16.1 Å². The molecule has 1 heterocycles. The van der Waals surface area contributed by atoms with Crippen LogP contribution in [0.4, 0.5) is 0 Å². The van der Waals surface area contributed by atoms with Crippen molar-refractivity contribution in [1.82, 2.24) is 10.3 Å². The van der Waals surface area contributed by atoms with E-state index >= 15 is 0 Å². The van der Waals surface area contributed by atoms with Gasteiger partial charge in [-0.2, -0.15) is 0 Å². The number of aromatic nitrogens is 1. The van der Waals surface area contributed by atoms with Gasteiger partial charge in [0.15, 0.2) is 0 Å². The van der Waals surface area contributed by atoms with Crippen molar-refractivity contribution in [2.45, 2.75) is 59.7 Å². The molecule has 1 unspecified atom stereocenters. The van der Waals surface area contributed by atoms with Gasteiger partial charge in [-0.15, -0.1) is 11.3 Å². The summed E-state index contributed by atoms with van der Waals surface area (Å²) in [6, 6.07) is 0. The van der Waals surface area contributed by atoms with Crippen molar-refractivity contribution in [2.75, 3.05) is 7.11 Å². The first-order valence-corrected chi connectivity index (χ1v) is 7.17. The minimum absolute atomic E-state index is 0.0610. The second-order valence-electron chi connectivity index (χ2n) is 6.75. The molecule has 1 rings (SSSR count). The van der Waals surface area contributed by atoms with Gasteiger partial charge in [-0.1, -0.05) is 20.8 Å². The van der Waals surface area contributed by atoms with Gasteiger partial charge in [-0.25, -0.2) is 4.98 Å². The minimum Gasteiger partial charge on any atom is -0.374 e. The van der Waals surface area contributed by atoms with E-state index in [0.29, 0.717) is 0 Å². The number of thiazole rings is 1. The summed E-state index contributed by atoms with van der Waals surface area (Å²) in [5.74, 6) is 0. The molecule has 0 amide bonds. The van der Waals surface area contributed by atoms with E-state index in [9.17, 15) is 0 Å². The standard InChI is InChI=1S/C14H26N2OS/c1-13(2,3)11(17-7)12-15-8-10(18-12)9-16-14(4,5)6/h8,11,16H,9H2,1-7H3. The van der Waals surface area contributed by atoms with Crippen LogP contribution in [0, 0.1) is 5.41 Å². The van der Waals surface area contributed by atoms with Gasteiger partial charge in [0, 0.05) is 30.3 Å². The Balaban J connectivity index is 2.73. The van der Waals surface area contributed by atoms with Crippen LogP contribution in [0.1, 0.15) is 57.5 Å². The van der Waals surface area contributed by atoms with Crippen molar-refractivity contribution in [2.24, 2.45) is 5.41 Å². The first kappa shape index (κ1) is 15.6. The largest absolute Gasteiger partial charge is 0.374 e. The van der Waals surface area contributed by atoms with Crippen LogP contribution in [0.3, 0.4) is 0 Å². The first-order chi connectivity index (χ1) is 8.13. The number of hydrogen-bond donors (Lipinski definition) is 1. The molecule has 1 aromatic heterocycles. The first-order valence-electron chi connectivity index (χ1n) is 6.36. The summed E-state index contributed by atoms with van der Waals surface area (Å²) >= 11 is 1.73. The third-order valence-electron chi connectivity index (χ3n) is 2.61. The average molecular weight is 270 g/mol. The molecule has 0 aliphatic rings. The molecule has 104 valence electrons. The van der Waals surface area contributed by atoms with E-state index in [1.165, 1.54) is 4.88 Å². The highest BCUT2D eigenvalue weighted by Gasteiger charge is 2.28. The molecule has 0 aliphatic carbocycles. The van der Waals surface area contributed by atoms with Gasteiger partial charge in [0.25, 0.3) is 0 Å². The number of nitrogens with one attached hydrogen (secondary N) is 1. The van der Waals surface area contributed by atoms with E-state index < -0.39 is 0 Å². The molecule has 0 spiro atoms. The van der Waals surface area contributed by atoms with E-state index in [2.05, 4.69) is 51.8 Å². The molecule has 0 aliphatic heterocycles. The second-order valence-corrected chi connectivity index (χ2v) is 7.90. The smallest absolute Gasteiger partial charge is 0.122 e. The molecule has 3 nitrogen and oxygen atoms in total. The maximum Gasteiger partial charge on any atom is 0.122 e. The van der Waals surface area contributed by atoms with E-state index in [0.717, 1.165) is 11.6 Å². The zero-order valence-electron chi connectivity index (χ0n) is 12.6. The molecule has 0 fully saturated rings. The van der Waals surface area contributed by atoms with Crippen molar-refractivity contribution in [3.63, 3.8) is 0 Å². The lowest BCUT2D eigenvalue weighted by molar-refractivity contribution is 0.0150. The van der Waals surface area contributed by atoms with Crippen LogP contribution >= 0.6 is 11.3 Å². The fourth-order valence-electron chi connectivity index (χ4n) is 1.70. The van der Waals surface area contributed by atoms with Crippen LogP contribution in [0.15, 0.2) is 6.20 Å². The van der Waals surface area contributed by atoms with Crippen LogP contribution in [-0.2, 0) is 11.3 Å². The molecule has 0 saturated heterocycles. The van der Waals surface area contributed by atoms with Gasteiger partial charge >= 0.3 is 0 Å². The predicted octanol–water partition coefficient (Wildman–Crippen LogP) is 3.76. The van der Waals surface area contributed by atoms with Gasteiger partial charge in [0.1, 0.15) is 11.1 Å². The van der Waals surface area contributed by atoms with Gasteiger partial charge in [0.2, 0.25) is 0 Å². The maximum atomic E-state index is 5.59. The lowest BCUT2D eigenvalue weighted by Gasteiger charge is -2.27. The maximum absolute atomic E-state index is 5.59. The van der Waals surface area contributed by atoms with Gasteiger partial charge in [-0.05, 0) is 26.2 Å². The van der Waals surface area contributed by atoms with E-state index in [4.69, 9.17) is 4.74 Å². The quantitative estimate of drug-likeness (QED) is 0.904. The molecule has 0 aromatic carbocycles. The Bertz CT molecular complexity index is 374. The van der Waals surface area contributed by atoms with Crippen molar-refractivity contribution in [1.29, 1.82) is 0 Å². The SMILES string of the molecule is COC(c1ncc(CNC(C)(C)C)s1)C(C)(C)C. The monoisotopic (exact) mass is 270 g/mol. The lowest BCUT2D eigenvalue weighted by Crippen LogP contribution is -2.34. The molecule has 1 aromatic rings. The van der Waals surface area contributed by atoms with Crippen LogP contribution in [-0.4, -0.2) is 17.6 Å². The van der Waals surface area contributed by atoms with Crippen molar-refractivity contribution < 1.29 is 4.74 Å². The number of rotatable bonds is 4. The van der Waals surface area contributed by atoms with Crippen molar-refractivity contribution >= 4 is 11.3 Å².